The van der Waals surface area contributed by atoms with E-state index in [1.807, 2.05) is 0 Å². The zero-order valence-corrected chi connectivity index (χ0v) is 9.88. The number of phenolic OH excluding ortho intramolecular Hbond substituents is 1. The van der Waals surface area contributed by atoms with Crippen molar-refractivity contribution < 1.29 is 28.2 Å². The van der Waals surface area contributed by atoms with Gasteiger partial charge in [0.25, 0.3) is 0 Å². The van der Waals surface area contributed by atoms with Crippen molar-refractivity contribution >= 4 is 5.97 Å². The lowest BCUT2D eigenvalue weighted by molar-refractivity contribution is -0.146. The van der Waals surface area contributed by atoms with E-state index < -0.39 is 28.9 Å². The summed E-state index contributed by atoms with van der Waals surface area (Å²) >= 11 is 0. The Morgan fingerprint density at radius 1 is 1.28 bits per heavy atom. The SMILES string of the molecule is CC(C)(Cc1ccc(C(F)(F)F)cc1O)C(=O)O. The Morgan fingerprint density at radius 2 is 1.83 bits per heavy atom. The van der Waals surface area contributed by atoms with E-state index in [0.29, 0.717) is 6.07 Å². The lowest BCUT2D eigenvalue weighted by atomic mass is 9.85. The van der Waals surface area contributed by atoms with Gasteiger partial charge in [0.05, 0.1) is 11.0 Å². The molecular weight excluding hydrogens is 249 g/mol. The van der Waals surface area contributed by atoms with E-state index in [4.69, 9.17) is 5.11 Å². The summed E-state index contributed by atoms with van der Waals surface area (Å²) in [5.41, 5.74) is -1.94. The number of benzene rings is 1. The Bertz CT molecular complexity index is 464. The minimum atomic E-state index is -4.53. The van der Waals surface area contributed by atoms with E-state index in [-0.39, 0.29) is 12.0 Å². The van der Waals surface area contributed by atoms with E-state index >= 15 is 0 Å². The molecule has 0 aromatic heterocycles. The molecule has 0 bridgehead atoms. The van der Waals surface area contributed by atoms with E-state index in [0.717, 1.165) is 12.1 Å². The summed E-state index contributed by atoms with van der Waals surface area (Å²) in [5.74, 6) is -1.62. The first-order valence-electron chi connectivity index (χ1n) is 5.16. The lowest BCUT2D eigenvalue weighted by Gasteiger charge is -2.20. The number of halogens is 3. The summed E-state index contributed by atoms with van der Waals surface area (Å²) in [6.07, 6.45) is -4.58. The number of phenols is 1. The second kappa shape index (κ2) is 4.51. The molecule has 0 atom stereocenters. The van der Waals surface area contributed by atoms with Gasteiger partial charge in [0.15, 0.2) is 0 Å². The summed E-state index contributed by atoms with van der Waals surface area (Å²) in [5, 5.41) is 18.4. The Hall–Kier alpha value is -1.72. The number of carbonyl (C=O) groups is 1. The van der Waals surface area contributed by atoms with E-state index in [2.05, 4.69) is 0 Å². The predicted octanol–water partition coefficient (Wildman–Crippen LogP) is 3.06. The van der Waals surface area contributed by atoms with Crippen molar-refractivity contribution in [2.45, 2.75) is 26.4 Å². The maximum atomic E-state index is 12.4. The highest BCUT2D eigenvalue weighted by Gasteiger charge is 2.32. The molecule has 18 heavy (non-hydrogen) atoms. The fourth-order valence-corrected chi connectivity index (χ4v) is 1.44. The Kier molecular flexibility index (Phi) is 3.59. The largest absolute Gasteiger partial charge is 0.508 e. The van der Waals surface area contributed by atoms with Gasteiger partial charge in [0, 0.05) is 0 Å². The second-order valence-electron chi connectivity index (χ2n) is 4.71. The van der Waals surface area contributed by atoms with Crippen molar-refractivity contribution in [2.24, 2.45) is 5.41 Å². The van der Waals surface area contributed by atoms with Crippen LogP contribution in [0.4, 0.5) is 13.2 Å². The summed E-state index contributed by atoms with van der Waals surface area (Å²) in [6, 6.07) is 2.53. The zero-order chi connectivity index (χ0) is 14.1. The average molecular weight is 262 g/mol. The van der Waals surface area contributed by atoms with E-state index in [1.54, 1.807) is 0 Å². The fourth-order valence-electron chi connectivity index (χ4n) is 1.44. The molecule has 0 saturated heterocycles. The van der Waals surface area contributed by atoms with Crippen molar-refractivity contribution in [3.8, 4) is 5.75 Å². The predicted molar refractivity (Wildman–Crippen MR) is 58.2 cm³/mol. The monoisotopic (exact) mass is 262 g/mol. The van der Waals surface area contributed by atoms with Crippen LogP contribution in [0.15, 0.2) is 18.2 Å². The highest BCUT2D eigenvalue weighted by atomic mass is 19.4. The van der Waals surface area contributed by atoms with Crippen LogP contribution in [0.25, 0.3) is 0 Å². The molecule has 0 heterocycles. The Morgan fingerprint density at radius 3 is 2.22 bits per heavy atom. The van der Waals surface area contributed by atoms with Crippen LogP contribution in [-0.4, -0.2) is 16.2 Å². The molecule has 0 radical (unpaired) electrons. The van der Waals surface area contributed by atoms with Gasteiger partial charge in [-0.2, -0.15) is 13.2 Å². The number of alkyl halides is 3. The van der Waals surface area contributed by atoms with Gasteiger partial charge >= 0.3 is 12.1 Å². The normalized spacial score (nSPS) is 12.5. The lowest BCUT2D eigenvalue weighted by Crippen LogP contribution is -2.26. The second-order valence-corrected chi connectivity index (χ2v) is 4.71. The van der Waals surface area contributed by atoms with Crippen LogP contribution in [0.1, 0.15) is 25.0 Å². The van der Waals surface area contributed by atoms with Gasteiger partial charge < -0.3 is 10.2 Å². The highest BCUT2D eigenvalue weighted by molar-refractivity contribution is 5.74. The summed E-state index contributed by atoms with van der Waals surface area (Å²) in [7, 11) is 0. The molecule has 0 saturated carbocycles. The van der Waals surface area contributed by atoms with Gasteiger partial charge in [-0.3, -0.25) is 4.79 Å². The van der Waals surface area contributed by atoms with Crippen molar-refractivity contribution in [2.75, 3.05) is 0 Å². The first-order chi connectivity index (χ1) is 8.04. The Labute approximate surface area is 102 Å². The van der Waals surface area contributed by atoms with Gasteiger partial charge in [-0.1, -0.05) is 6.07 Å². The van der Waals surface area contributed by atoms with Crippen LogP contribution >= 0.6 is 0 Å². The molecule has 0 aliphatic heterocycles. The van der Waals surface area contributed by atoms with E-state index in [9.17, 15) is 23.1 Å². The summed E-state index contributed by atoms with van der Waals surface area (Å²) in [6.45, 7) is 2.87. The van der Waals surface area contributed by atoms with Crippen molar-refractivity contribution in [3.63, 3.8) is 0 Å². The molecule has 0 amide bonds. The van der Waals surface area contributed by atoms with Gasteiger partial charge in [-0.05, 0) is 38.0 Å². The van der Waals surface area contributed by atoms with Crippen molar-refractivity contribution in [1.29, 1.82) is 0 Å². The molecule has 2 N–H and O–H groups in total. The molecule has 6 heteroatoms. The van der Waals surface area contributed by atoms with Crippen LogP contribution in [-0.2, 0) is 17.4 Å². The van der Waals surface area contributed by atoms with Crippen LogP contribution in [0, 0.1) is 5.41 Å². The minimum absolute atomic E-state index is 0.0493. The van der Waals surface area contributed by atoms with Gasteiger partial charge in [-0.25, -0.2) is 0 Å². The molecular formula is C12H13F3O3. The summed E-state index contributed by atoms with van der Waals surface area (Å²) in [4.78, 5) is 10.9. The van der Waals surface area contributed by atoms with Crippen LogP contribution in [0.3, 0.4) is 0 Å². The first kappa shape index (κ1) is 14.3. The number of aliphatic carboxylic acids is 1. The van der Waals surface area contributed by atoms with E-state index in [1.165, 1.54) is 13.8 Å². The van der Waals surface area contributed by atoms with Crippen LogP contribution in [0.2, 0.25) is 0 Å². The molecule has 0 fully saturated rings. The summed E-state index contributed by atoms with van der Waals surface area (Å²) < 4.78 is 37.1. The quantitative estimate of drug-likeness (QED) is 0.880. The molecule has 0 aliphatic carbocycles. The smallest absolute Gasteiger partial charge is 0.416 e. The maximum Gasteiger partial charge on any atom is 0.416 e. The standard InChI is InChI=1S/C12H13F3O3/c1-11(2,10(17)18)6-7-3-4-8(5-9(7)16)12(13,14)15/h3-5,16H,6H2,1-2H3,(H,17,18). The molecule has 0 aliphatic rings. The fraction of sp³-hybridized carbons (Fsp3) is 0.417. The molecule has 1 rings (SSSR count). The minimum Gasteiger partial charge on any atom is -0.508 e. The van der Waals surface area contributed by atoms with Crippen LogP contribution < -0.4 is 0 Å². The third kappa shape index (κ3) is 3.15. The molecule has 3 nitrogen and oxygen atoms in total. The number of hydrogen-bond acceptors (Lipinski definition) is 2. The number of carboxylic acid groups (broad SMARTS) is 1. The number of rotatable bonds is 3. The highest BCUT2D eigenvalue weighted by Crippen LogP contribution is 2.34. The topological polar surface area (TPSA) is 57.5 Å². The van der Waals surface area contributed by atoms with Gasteiger partial charge in [0.1, 0.15) is 5.75 Å². The number of hydrogen-bond donors (Lipinski definition) is 2. The number of carboxylic acids is 1. The molecule has 0 unspecified atom stereocenters. The molecule has 1 aromatic carbocycles. The van der Waals surface area contributed by atoms with Crippen molar-refractivity contribution in [1.82, 2.24) is 0 Å². The average Bonchev–Trinajstić information content (AvgIpc) is 2.19. The molecule has 100 valence electrons. The van der Waals surface area contributed by atoms with Crippen molar-refractivity contribution in [3.05, 3.63) is 29.3 Å². The Balaban J connectivity index is 3.04. The van der Waals surface area contributed by atoms with Gasteiger partial charge in [-0.15, -0.1) is 0 Å². The number of aromatic hydroxyl groups is 1. The first-order valence-corrected chi connectivity index (χ1v) is 5.16. The van der Waals surface area contributed by atoms with Crippen LogP contribution in [0.5, 0.6) is 5.75 Å². The third-order valence-corrected chi connectivity index (χ3v) is 2.62. The molecule has 1 aromatic rings. The third-order valence-electron chi connectivity index (χ3n) is 2.62. The molecule has 0 spiro atoms. The van der Waals surface area contributed by atoms with Gasteiger partial charge in [0.2, 0.25) is 0 Å². The zero-order valence-electron chi connectivity index (χ0n) is 9.88. The maximum absolute atomic E-state index is 12.4.